The number of anilines is 1. The summed E-state index contributed by atoms with van der Waals surface area (Å²) < 4.78 is 5.97. The standard InChI is InChI=1S/C35H51N3O6/c1-20-28-14-25(35(28,3)4)15-29(20)36-32(42)16-30-33(21(2)41)31(19-40)44-38(30)17-23-9-8-10-27(34(23)43-7)24-11-22(18-39)12-26(13-24)37(5)6/h8-13,20-21,25,28-31,33,39-41H,14-19H2,1-7H3,(H,36,42)/t20-,21-,25+,28-,29-,30+,31-,33+/m0/s1. The van der Waals surface area contributed by atoms with Crippen molar-refractivity contribution >= 4 is 11.6 Å². The number of hydrogen-bond acceptors (Lipinski definition) is 8. The highest BCUT2D eigenvalue weighted by molar-refractivity contribution is 5.77. The molecule has 2 aromatic rings. The summed E-state index contributed by atoms with van der Waals surface area (Å²) in [5.74, 6) is 1.83. The molecule has 0 aromatic heterocycles. The Balaban J connectivity index is 1.40. The number of ether oxygens (including phenoxy) is 1. The summed E-state index contributed by atoms with van der Waals surface area (Å²) >= 11 is 0. The molecule has 0 spiro atoms. The first-order valence-electron chi connectivity index (χ1n) is 16.0. The van der Waals surface area contributed by atoms with Crippen molar-refractivity contribution in [2.75, 3.05) is 32.7 Å². The molecule has 3 saturated carbocycles. The van der Waals surface area contributed by atoms with Crippen molar-refractivity contribution in [2.45, 2.75) is 84.4 Å². The van der Waals surface area contributed by atoms with Crippen LogP contribution in [0, 0.1) is 29.1 Å². The fourth-order valence-electron chi connectivity index (χ4n) is 8.26. The number of aliphatic hydroxyl groups excluding tert-OH is 3. The molecule has 0 radical (unpaired) electrons. The molecule has 1 amide bonds. The number of para-hydroxylation sites is 1. The second kappa shape index (κ2) is 13.0. The Morgan fingerprint density at radius 1 is 1.20 bits per heavy atom. The lowest BCUT2D eigenvalue weighted by Gasteiger charge is -2.62. The van der Waals surface area contributed by atoms with Gasteiger partial charge in [-0.25, -0.2) is 0 Å². The molecule has 9 nitrogen and oxygen atoms in total. The van der Waals surface area contributed by atoms with Gasteiger partial charge in [0.15, 0.2) is 0 Å². The SMILES string of the molecule is COc1c(CN2O[C@@H](CO)[C@H]([C@H](C)O)[C@H]2CC(=O)N[C@H]2C[C@H]3C[C@@H]([C@@H]2C)C3(C)C)cccc1-c1cc(CO)cc(N(C)C)c1. The monoisotopic (exact) mass is 609 g/mol. The molecule has 2 aromatic carbocycles. The van der Waals surface area contributed by atoms with Gasteiger partial charge < -0.3 is 30.3 Å². The highest BCUT2D eigenvalue weighted by Gasteiger charge is 2.56. The van der Waals surface area contributed by atoms with E-state index in [0.29, 0.717) is 35.5 Å². The second-order valence-corrected chi connectivity index (χ2v) is 14.1. The first kappa shape index (κ1) is 32.7. The van der Waals surface area contributed by atoms with Crippen molar-refractivity contribution in [1.29, 1.82) is 0 Å². The number of hydrogen-bond donors (Lipinski definition) is 4. The first-order chi connectivity index (χ1) is 20.9. The molecule has 3 aliphatic carbocycles. The van der Waals surface area contributed by atoms with Gasteiger partial charge in [-0.15, -0.1) is 0 Å². The number of fused-ring (bicyclic) bond motifs is 2. The van der Waals surface area contributed by atoms with Crippen LogP contribution < -0.4 is 15.0 Å². The maximum absolute atomic E-state index is 13.6. The molecule has 2 bridgehead atoms. The van der Waals surface area contributed by atoms with Crippen molar-refractivity contribution in [1.82, 2.24) is 10.4 Å². The molecule has 4 N–H and O–H groups in total. The normalized spacial score (nSPS) is 30.0. The van der Waals surface area contributed by atoms with Crippen molar-refractivity contribution in [3.8, 4) is 16.9 Å². The van der Waals surface area contributed by atoms with Gasteiger partial charge in [-0.2, -0.15) is 5.06 Å². The van der Waals surface area contributed by atoms with E-state index in [4.69, 9.17) is 9.57 Å². The van der Waals surface area contributed by atoms with Crippen LogP contribution in [0.2, 0.25) is 0 Å². The molecular formula is C35H51N3O6. The Labute approximate surface area is 262 Å². The van der Waals surface area contributed by atoms with Gasteiger partial charge in [-0.05, 0) is 72.3 Å². The smallest absolute Gasteiger partial charge is 0.221 e. The molecule has 1 saturated heterocycles. The van der Waals surface area contributed by atoms with E-state index in [1.165, 1.54) is 6.42 Å². The summed E-state index contributed by atoms with van der Waals surface area (Å²) in [6.45, 7) is 8.61. The Hall–Kier alpha value is -2.69. The van der Waals surface area contributed by atoms with Gasteiger partial charge in [-0.3, -0.25) is 9.63 Å². The van der Waals surface area contributed by atoms with Crippen LogP contribution in [0.15, 0.2) is 36.4 Å². The number of amides is 1. The topological polar surface area (TPSA) is 115 Å². The van der Waals surface area contributed by atoms with Crippen LogP contribution in [0.4, 0.5) is 5.69 Å². The molecule has 242 valence electrons. The number of nitrogens with one attached hydrogen (secondary N) is 1. The number of carbonyl (C=O) groups excluding carboxylic acids is 1. The van der Waals surface area contributed by atoms with Gasteiger partial charge in [-0.1, -0.05) is 39.0 Å². The zero-order valence-electron chi connectivity index (χ0n) is 27.3. The van der Waals surface area contributed by atoms with E-state index in [-0.39, 0.29) is 31.6 Å². The molecule has 44 heavy (non-hydrogen) atoms. The molecule has 8 atom stereocenters. The van der Waals surface area contributed by atoms with E-state index in [9.17, 15) is 20.1 Å². The summed E-state index contributed by atoms with van der Waals surface area (Å²) in [4.78, 5) is 21.8. The molecule has 6 rings (SSSR count). The number of rotatable bonds is 11. The predicted octanol–water partition coefficient (Wildman–Crippen LogP) is 3.97. The van der Waals surface area contributed by atoms with E-state index < -0.39 is 24.2 Å². The minimum Gasteiger partial charge on any atom is -0.496 e. The summed E-state index contributed by atoms with van der Waals surface area (Å²) in [5.41, 5.74) is 4.73. The lowest BCUT2D eigenvalue weighted by Crippen LogP contribution is -2.61. The van der Waals surface area contributed by atoms with E-state index in [1.54, 1.807) is 19.1 Å². The highest BCUT2D eigenvalue weighted by Crippen LogP contribution is 2.61. The first-order valence-corrected chi connectivity index (χ1v) is 16.0. The number of nitrogens with zero attached hydrogens (tertiary/aromatic N) is 2. The highest BCUT2D eigenvalue weighted by atomic mass is 16.7. The third kappa shape index (κ3) is 6.09. The van der Waals surface area contributed by atoms with Crippen molar-refractivity contribution in [3.63, 3.8) is 0 Å². The van der Waals surface area contributed by atoms with Crippen LogP contribution >= 0.6 is 0 Å². The predicted molar refractivity (Wildman–Crippen MR) is 171 cm³/mol. The molecule has 0 unspecified atom stereocenters. The molecule has 1 aliphatic heterocycles. The van der Waals surface area contributed by atoms with Crippen molar-refractivity contribution in [2.24, 2.45) is 29.1 Å². The number of benzene rings is 2. The maximum Gasteiger partial charge on any atom is 0.221 e. The lowest BCUT2D eigenvalue weighted by molar-refractivity contribution is -0.180. The maximum atomic E-state index is 13.6. The Kier molecular flexibility index (Phi) is 9.64. The van der Waals surface area contributed by atoms with Gasteiger partial charge in [0.2, 0.25) is 5.91 Å². The molecular weight excluding hydrogens is 558 g/mol. The summed E-state index contributed by atoms with van der Waals surface area (Å²) in [6, 6.07) is 11.6. The van der Waals surface area contributed by atoms with E-state index in [1.807, 2.05) is 49.3 Å². The van der Waals surface area contributed by atoms with Crippen LogP contribution in [-0.2, 0) is 22.8 Å². The van der Waals surface area contributed by atoms with Gasteiger partial charge in [0.25, 0.3) is 0 Å². The third-order valence-corrected chi connectivity index (χ3v) is 11.0. The summed E-state index contributed by atoms with van der Waals surface area (Å²) in [7, 11) is 5.56. The molecule has 4 aliphatic rings. The average molecular weight is 610 g/mol. The number of carbonyl (C=O) groups is 1. The van der Waals surface area contributed by atoms with Gasteiger partial charge in [0.1, 0.15) is 11.9 Å². The van der Waals surface area contributed by atoms with Crippen molar-refractivity contribution < 1.29 is 29.7 Å². The molecule has 4 fully saturated rings. The quantitative estimate of drug-likeness (QED) is 0.303. The third-order valence-electron chi connectivity index (χ3n) is 11.0. The van der Waals surface area contributed by atoms with Gasteiger partial charge in [0.05, 0.1) is 39.0 Å². The second-order valence-electron chi connectivity index (χ2n) is 14.1. The van der Waals surface area contributed by atoms with Gasteiger partial charge >= 0.3 is 0 Å². The summed E-state index contributed by atoms with van der Waals surface area (Å²) in [5, 5.41) is 36.0. The minimum absolute atomic E-state index is 0.0541. The van der Waals surface area contributed by atoms with E-state index in [0.717, 1.165) is 34.4 Å². The van der Waals surface area contributed by atoms with Crippen LogP contribution in [0.5, 0.6) is 5.75 Å². The van der Waals surface area contributed by atoms with E-state index in [2.05, 4.69) is 32.2 Å². The van der Waals surface area contributed by atoms with Crippen molar-refractivity contribution in [3.05, 3.63) is 47.5 Å². The van der Waals surface area contributed by atoms with Crippen LogP contribution in [0.1, 0.15) is 58.1 Å². The van der Waals surface area contributed by atoms with Crippen LogP contribution in [0.25, 0.3) is 11.1 Å². The Morgan fingerprint density at radius 2 is 1.95 bits per heavy atom. The Morgan fingerprint density at radius 3 is 2.55 bits per heavy atom. The van der Waals surface area contributed by atoms with Crippen LogP contribution in [0.3, 0.4) is 0 Å². The fourth-order valence-corrected chi connectivity index (χ4v) is 8.26. The zero-order chi connectivity index (χ0) is 31.9. The Bertz CT molecular complexity index is 1330. The van der Waals surface area contributed by atoms with Gasteiger partial charge in [0, 0.05) is 49.3 Å². The zero-order valence-corrected chi connectivity index (χ0v) is 27.3. The fraction of sp³-hybridized carbons (Fsp3) is 0.629. The average Bonchev–Trinajstić information content (AvgIpc) is 3.33. The minimum atomic E-state index is -0.782. The lowest BCUT2D eigenvalue weighted by atomic mass is 9.45. The van der Waals surface area contributed by atoms with Crippen LogP contribution in [-0.4, -0.2) is 78.4 Å². The van der Waals surface area contributed by atoms with E-state index >= 15 is 0 Å². The number of hydroxylamine groups is 2. The summed E-state index contributed by atoms with van der Waals surface area (Å²) in [6.07, 6.45) is 0.983. The number of methoxy groups -OCH3 is 1. The molecule has 9 heteroatoms. The largest absolute Gasteiger partial charge is 0.496 e. The molecule has 1 heterocycles. The number of aliphatic hydroxyl groups is 3.